The Labute approximate surface area is 113 Å². The van der Waals surface area contributed by atoms with Gasteiger partial charge in [0.05, 0.1) is 6.10 Å². The van der Waals surface area contributed by atoms with E-state index in [0.29, 0.717) is 29.0 Å². The van der Waals surface area contributed by atoms with E-state index in [4.69, 9.17) is 4.74 Å². The first-order valence-electron chi connectivity index (χ1n) is 7.75. The lowest BCUT2D eigenvalue weighted by molar-refractivity contribution is -0.120. The van der Waals surface area contributed by atoms with Crippen LogP contribution >= 0.6 is 0 Å². The predicted octanol–water partition coefficient (Wildman–Crippen LogP) is 3.75. The number of rotatable bonds is 4. The summed E-state index contributed by atoms with van der Waals surface area (Å²) in [5.74, 6) is 0. The molecular weight excluding hydrogens is 222 g/mol. The van der Waals surface area contributed by atoms with E-state index in [-0.39, 0.29) is 0 Å². The summed E-state index contributed by atoms with van der Waals surface area (Å²) < 4.78 is 5.82. The van der Waals surface area contributed by atoms with Gasteiger partial charge in [-0.15, -0.1) is 0 Å². The van der Waals surface area contributed by atoms with Gasteiger partial charge in [-0.05, 0) is 31.6 Å². The highest BCUT2D eigenvalue weighted by atomic mass is 16.5. The third-order valence-corrected chi connectivity index (χ3v) is 5.46. The van der Waals surface area contributed by atoms with Crippen molar-refractivity contribution >= 4 is 0 Å². The fourth-order valence-electron chi connectivity index (χ4n) is 3.70. The van der Waals surface area contributed by atoms with Gasteiger partial charge in [-0.3, -0.25) is 0 Å². The van der Waals surface area contributed by atoms with Crippen LogP contribution in [-0.2, 0) is 4.74 Å². The molecule has 18 heavy (non-hydrogen) atoms. The maximum Gasteiger partial charge on any atom is 0.0655 e. The van der Waals surface area contributed by atoms with E-state index >= 15 is 0 Å². The van der Waals surface area contributed by atoms with Crippen molar-refractivity contribution in [2.75, 3.05) is 6.61 Å². The highest BCUT2D eigenvalue weighted by molar-refractivity contribution is 5.05. The fraction of sp³-hybridized carbons (Fsp3) is 1.00. The summed E-state index contributed by atoms with van der Waals surface area (Å²) >= 11 is 0. The van der Waals surface area contributed by atoms with E-state index in [0.717, 1.165) is 6.61 Å². The van der Waals surface area contributed by atoms with Gasteiger partial charge in [0.1, 0.15) is 0 Å². The maximum absolute atomic E-state index is 5.82. The lowest BCUT2D eigenvalue weighted by Crippen LogP contribution is -2.64. The minimum absolute atomic E-state index is 0.295. The molecule has 2 rings (SSSR count). The van der Waals surface area contributed by atoms with Crippen LogP contribution in [0.1, 0.15) is 66.7 Å². The molecule has 3 unspecified atom stereocenters. The van der Waals surface area contributed by atoms with Crippen LogP contribution in [0.15, 0.2) is 0 Å². The standard InChI is InChI=1S/C16H31NO/c1-6-18-14-11-13(16(14,4)5)17-12-9-7-8-10-15(12,2)3/h12-14,17H,6-11H2,1-5H3. The van der Waals surface area contributed by atoms with E-state index < -0.39 is 0 Å². The average Bonchev–Trinajstić information content (AvgIpc) is 2.29. The molecule has 0 aliphatic heterocycles. The number of hydrogen-bond acceptors (Lipinski definition) is 2. The molecule has 0 bridgehead atoms. The molecule has 106 valence electrons. The van der Waals surface area contributed by atoms with Crippen LogP contribution in [0.4, 0.5) is 0 Å². The van der Waals surface area contributed by atoms with E-state index in [1.165, 1.54) is 32.1 Å². The Bertz CT molecular complexity index is 285. The molecular formula is C16H31NO. The Balaban J connectivity index is 1.91. The van der Waals surface area contributed by atoms with Crippen molar-refractivity contribution < 1.29 is 4.74 Å². The van der Waals surface area contributed by atoms with Crippen LogP contribution < -0.4 is 5.32 Å². The molecule has 0 spiro atoms. The van der Waals surface area contributed by atoms with Crippen LogP contribution in [0.25, 0.3) is 0 Å². The van der Waals surface area contributed by atoms with Gasteiger partial charge >= 0.3 is 0 Å². The van der Waals surface area contributed by atoms with Gasteiger partial charge in [-0.2, -0.15) is 0 Å². The molecule has 0 aromatic carbocycles. The van der Waals surface area contributed by atoms with Crippen molar-refractivity contribution in [3.63, 3.8) is 0 Å². The summed E-state index contributed by atoms with van der Waals surface area (Å²) in [5, 5.41) is 3.94. The van der Waals surface area contributed by atoms with E-state index in [1.54, 1.807) is 0 Å². The maximum atomic E-state index is 5.82. The first-order valence-corrected chi connectivity index (χ1v) is 7.75. The fourth-order valence-corrected chi connectivity index (χ4v) is 3.70. The summed E-state index contributed by atoms with van der Waals surface area (Å²) in [7, 11) is 0. The molecule has 0 amide bonds. The molecule has 2 saturated carbocycles. The van der Waals surface area contributed by atoms with Crippen LogP contribution in [0.5, 0.6) is 0 Å². The Morgan fingerprint density at radius 3 is 2.39 bits per heavy atom. The molecule has 3 atom stereocenters. The zero-order chi connectivity index (χ0) is 13.4. The summed E-state index contributed by atoms with van der Waals surface area (Å²) in [6.07, 6.45) is 7.15. The monoisotopic (exact) mass is 253 g/mol. The van der Waals surface area contributed by atoms with Gasteiger partial charge in [0, 0.05) is 24.1 Å². The van der Waals surface area contributed by atoms with Crippen molar-refractivity contribution in [2.24, 2.45) is 10.8 Å². The summed E-state index contributed by atoms with van der Waals surface area (Å²) in [6.45, 7) is 12.5. The summed E-state index contributed by atoms with van der Waals surface area (Å²) in [4.78, 5) is 0. The highest BCUT2D eigenvalue weighted by Gasteiger charge is 2.50. The number of ether oxygens (including phenoxy) is 1. The van der Waals surface area contributed by atoms with Crippen molar-refractivity contribution in [2.45, 2.75) is 84.9 Å². The quantitative estimate of drug-likeness (QED) is 0.824. The number of nitrogens with one attached hydrogen (secondary N) is 1. The van der Waals surface area contributed by atoms with E-state index in [1.807, 2.05) is 0 Å². The Hall–Kier alpha value is -0.0800. The molecule has 1 N–H and O–H groups in total. The summed E-state index contributed by atoms with van der Waals surface area (Å²) in [5.41, 5.74) is 0.758. The molecule has 0 radical (unpaired) electrons. The molecule has 2 heteroatoms. The van der Waals surface area contributed by atoms with Crippen molar-refractivity contribution in [3.8, 4) is 0 Å². The average molecular weight is 253 g/mol. The molecule has 2 fully saturated rings. The topological polar surface area (TPSA) is 21.3 Å². The lowest BCUT2D eigenvalue weighted by Gasteiger charge is -2.55. The third kappa shape index (κ3) is 2.60. The Kier molecular flexibility index (Phi) is 4.08. The van der Waals surface area contributed by atoms with Gasteiger partial charge in [0.2, 0.25) is 0 Å². The molecule has 0 saturated heterocycles. The normalized spacial score (nSPS) is 38.2. The largest absolute Gasteiger partial charge is 0.378 e. The second-order valence-corrected chi connectivity index (χ2v) is 7.51. The SMILES string of the molecule is CCOC1CC(NC2CCCCC2(C)C)C1(C)C. The van der Waals surface area contributed by atoms with Crippen molar-refractivity contribution in [1.82, 2.24) is 5.32 Å². The second-order valence-electron chi connectivity index (χ2n) is 7.51. The van der Waals surface area contributed by atoms with Gasteiger partial charge in [-0.1, -0.05) is 40.5 Å². The lowest BCUT2D eigenvalue weighted by atomic mass is 9.63. The second kappa shape index (κ2) is 5.13. The van der Waals surface area contributed by atoms with E-state index in [9.17, 15) is 0 Å². The zero-order valence-electron chi connectivity index (χ0n) is 12.9. The van der Waals surface area contributed by atoms with E-state index in [2.05, 4.69) is 39.9 Å². The van der Waals surface area contributed by atoms with Crippen molar-refractivity contribution in [3.05, 3.63) is 0 Å². The van der Waals surface area contributed by atoms with Crippen molar-refractivity contribution in [1.29, 1.82) is 0 Å². The smallest absolute Gasteiger partial charge is 0.0655 e. The van der Waals surface area contributed by atoms with Gasteiger partial charge in [0.15, 0.2) is 0 Å². The molecule has 2 aliphatic carbocycles. The van der Waals surface area contributed by atoms with Gasteiger partial charge in [-0.25, -0.2) is 0 Å². The molecule has 2 nitrogen and oxygen atoms in total. The van der Waals surface area contributed by atoms with Crippen LogP contribution in [0.2, 0.25) is 0 Å². The first kappa shape index (κ1) is 14.3. The van der Waals surface area contributed by atoms with Gasteiger partial charge in [0.25, 0.3) is 0 Å². The first-order chi connectivity index (χ1) is 8.38. The number of hydrogen-bond donors (Lipinski definition) is 1. The van der Waals surface area contributed by atoms with Gasteiger partial charge < -0.3 is 10.1 Å². The minimum atomic E-state index is 0.295. The predicted molar refractivity (Wildman–Crippen MR) is 76.8 cm³/mol. The summed E-state index contributed by atoms with van der Waals surface area (Å²) in [6, 6.07) is 1.33. The minimum Gasteiger partial charge on any atom is -0.378 e. The Morgan fingerprint density at radius 1 is 1.11 bits per heavy atom. The third-order valence-electron chi connectivity index (χ3n) is 5.46. The highest BCUT2D eigenvalue weighted by Crippen LogP contribution is 2.45. The molecule has 0 aromatic heterocycles. The van der Waals surface area contributed by atoms with Crippen LogP contribution in [-0.4, -0.2) is 24.8 Å². The molecule has 0 aromatic rings. The van der Waals surface area contributed by atoms with Crippen LogP contribution in [0.3, 0.4) is 0 Å². The molecule has 2 aliphatic rings. The zero-order valence-corrected chi connectivity index (χ0v) is 12.9. The van der Waals surface area contributed by atoms with Crippen LogP contribution in [0, 0.1) is 10.8 Å². The molecule has 0 heterocycles. The Morgan fingerprint density at radius 2 is 1.83 bits per heavy atom.